The monoisotopic (exact) mass is 457 g/mol. The molecule has 3 aromatic rings. The molecule has 2 aromatic carbocycles. The normalized spacial score (nSPS) is 19.3. The van der Waals surface area contributed by atoms with Crippen LogP contribution in [0.3, 0.4) is 0 Å². The van der Waals surface area contributed by atoms with E-state index < -0.39 is 17.7 Å². The summed E-state index contributed by atoms with van der Waals surface area (Å²) in [5.41, 5.74) is 3.92. The second-order valence-corrected chi connectivity index (χ2v) is 8.71. The molecule has 1 N–H and O–H groups in total. The van der Waals surface area contributed by atoms with Gasteiger partial charge < -0.3 is 19.2 Å². The first-order valence-electron chi connectivity index (χ1n) is 11.7. The summed E-state index contributed by atoms with van der Waals surface area (Å²) in [6.07, 6.45) is 5.74. The summed E-state index contributed by atoms with van der Waals surface area (Å²) in [6.45, 7) is 2.68. The van der Waals surface area contributed by atoms with Crippen molar-refractivity contribution in [3.63, 3.8) is 0 Å². The van der Waals surface area contributed by atoms with Crippen molar-refractivity contribution in [1.82, 2.24) is 4.90 Å². The molecule has 6 heteroatoms. The molecule has 34 heavy (non-hydrogen) atoms. The fraction of sp³-hybridized carbons (Fsp3) is 0.286. The lowest BCUT2D eigenvalue weighted by Gasteiger charge is -2.23. The average Bonchev–Trinajstić information content (AvgIpc) is 3.47. The Morgan fingerprint density at radius 1 is 1.06 bits per heavy atom. The summed E-state index contributed by atoms with van der Waals surface area (Å²) in [6, 6.07) is 15.8. The number of aliphatic hydroxyl groups excluding tert-OH is 1. The summed E-state index contributed by atoms with van der Waals surface area (Å²) in [7, 11) is 0. The maximum atomic E-state index is 13.2. The fourth-order valence-electron chi connectivity index (χ4n) is 4.88. The Labute approximate surface area is 198 Å². The quantitative estimate of drug-likeness (QED) is 0.313. The number of hydrogen-bond acceptors (Lipinski definition) is 5. The van der Waals surface area contributed by atoms with Crippen LogP contribution in [0, 0.1) is 0 Å². The van der Waals surface area contributed by atoms with E-state index in [-0.39, 0.29) is 17.9 Å². The Balaban J connectivity index is 1.54. The molecular weight excluding hydrogens is 430 g/mol. The van der Waals surface area contributed by atoms with Gasteiger partial charge in [-0.2, -0.15) is 0 Å². The number of ether oxygens (including phenoxy) is 1. The number of carbonyl (C=O) groups excluding carboxylic acids is 2. The fourth-order valence-corrected chi connectivity index (χ4v) is 4.88. The number of amides is 1. The highest BCUT2D eigenvalue weighted by Crippen LogP contribution is 2.41. The van der Waals surface area contributed by atoms with E-state index in [9.17, 15) is 14.7 Å². The van der Waals surface area contributed by atoms with Gasteiger partial charge in [0.15, 0.2) is 0 Å². The smallest absolute Gasteiger partial charge is 0.296 e. The van der Waals surface area contributed by atoms with E-state index in [2.05, 4.69) is 0 Å². The molecular formula is C28H27NO5. The standard InChI is InChI=1S/C28H27NO5/c1-2-33-22-13-9-18(10-14-22)17-29-25(23-8-5-15-34-23)24(27(31)28(29)32)26(30)21-12-11-19-6-3-4-7-20(19)16-21/h5,8-16,25,30H,2-4,6-7,17H2,1H3/b26-24-. The number of nitrogens with zero attached hydrogens (tertiary/aromatic N) is 1. The van der Waals surface area contributed by atoms with Crippen LogP contribution >= 0.6 is 0 Å². The van der Waals surface area contributed by atoms with Gasteiger partial charge in [-0.3, -0.25) is 9.59 Å². The molecule has 0 radical (unpaired) electrons. The Kier molecular flexibility index (Phi) is 5.97. The number of furan rings is 1. The maximum absolute atomic E-state index is 13.2. The number of Topliss-reactive ketones (excluding diaryl/α,β-unsaturated/α-hetero) is 1. The van der Waals surface area contributed by atoms with Gasteiger partial charge in [-0.15, -0.1) is 0 Å². The first kappa shape index (κ1) is 22.0. The van der Waals surface area contributed by atoms with Crippen molar-refractivity contribution >= 4 is 17.4 Å². The van der Waals surface area contributed by atoms with Gasteiger partial charge in [0.2, 0.25) is 0 Å². The van der Waals surface area contributed by atoms with Gasteiger partial charge >= 0.3 is 0 Å². The zero-order chi connectivity index (χ0) is 23.7. The zero-order valence-electron chi connectivity index (χ0n) is 19.1. The van der Waals surface area contributed by atoms with E-state index >= 15 is 0 Å². The van der Waals surface area contributed by atoms with E-state index in [1.165, 1.54) is 22.3 Å². The predicted octanol–water partition coefficient (Wildman–Crippen LogP) is 5.18. The number of aryl methyl sites for hydroxylation is 2. The number of aliphatic hydroxyl groups is 1. The lowest BCUT2D eigenvalue weighted by molar-refractivity contribution is -0.140. The SMILES string of the molecule is CCOc1ccc(CN2C(=O)C(=O)/C(=C(\O)c3ccc4c(c3)CCCC4)C2c2ccco2)cc1. The minimum Gasteiger partial charge on any atom is -0.507 e. The van der Waals surface area contributed by atoms with Gasteiger partial charge in [0.1, 0.15) is 23.3 Å². The average molecular weight is 458 g/mol. The molecule has 1 atom stereocenters. The summed E-state index contributed by atoms with van der Waals surface area (Å²) >= 11 is 0. The van der Waals surface area contributed by atoms with Crippen molar-refractivity contribution in [1.29, 1.82) is 0 Å². The van der Waals surface area contributed by atoms with Gasteiger partial charge in [-0.25, -0.2) is 0 Å². The van der Waals surface area contributed by atoms with Crippen molar-refractivity contribution in [2.45, 2.75) is 45.2 Å². The molecule has 1 saturated heterocycles. The number of fused-ring (bicyclic) bond motifs is 1. The van der Waals surface area contributed by atoms with Crippen LogP contribution in [-0.4, -0.2) is 28.3 Å². The molecule has 1 fully saturated rings. The van der Waals surface area contributed by atoms with Gasteiger partial charge in [0.25, 0.3) is 11.7 Å². The van der Waals surface area contributed by atoms with Crippen LogP contribution in [0.5, 0.6) is 5.75 Å². The maximum Gasteiger partial charge on any atom is 0.296 e. The molecule has 1 aliphatic carbocycles. The first-order valence-corrected chi connectivity index (χ1v) is 11.7. The van der Waals surface area contributed by atoms with Crippen molar-refractivity contribution in [2.24, 2.45) is 0 Å². The van der Waals surface area contributed by atoms with Gasteiger partial charge in [-0.05, 0) is 79.6 Å². The Morgan fingerprint density at radius 2 is 1.82 bits per heavy atom. The van der Waals surface area contributed by atoms with Crippen molar-refractivity contribution in [3.05, 3.63) is 94.4 Å². The van der Waals surface area contributed by atoms with Crippen LogP contribution in [0.2, 0.25) is 0 Å². The lowest BCUT2D eigenvalue weighted by Crippen LogP contribution is -2.29. The minimum atomic E-state index is -0.808. The number of ketones is 1. The first-order chi connectivity index (χ1) is 16.6. The lowest BCUT2D eigenvalue weighted by atomic mass is 9.89. The summed E-state index contributed by atoms with van der Waals surface area (Å²) in [5, 5.41) is 11.3. The molecule has 2 aliphatic rings. The van der Waals surface area contributed by atoms with Crippen LogP contribution in [0.4, 0.5) is 0 Å². The van der Waals surface area contributed by atoms with Gasteiger partial charge in [-0.1, -0.05) is 24.3 Å². The molecule has 0 spiro atoms. The van der Waals surface area contributed by atoms with Crippen LogP contribution in [0.25, 0.3) is 5.76 Å². The number of rotatable bonds is 6. The van der Waals surface area contributed by atoms with Gasteiger partial charge in [0, 0.05) is 12.1 Å². The summed E-state index contributed by atoms with van der Waals surface area (Å²) in [5.74, 6) is -0.354. The molecule has 6 nitrogen and oxygen atoms in total. The Hall–Kier alpha value is -3.80. The molecule has 174 valence electrons. The summed E-state index contributed by atoms with van der Waals surface area (Å²) in [4.78, 5) is 27.8. The third-order valence-electron chi connectivity index (χ3n) is 6.56. The molecule has 5 rings (SSSR count). The highest BCUT2D eigenvalue weighted by Gasteiger charge is 2.47. The Morgan fingerprint density at radius 3 is 2.53 bits per heavy atom. The molecule has 1 aliphatic heterocycles. The van der Waals surface area contributed by atoms with Crippen molar-refractivity contribution < 1.29 is 23.8 Å². The molecule has 1 amide bonds. The minimum absolute atomic E-state index is 0.0571. The second-order valence-electron chi connectivity index (χ2n) is 8.71. The second kappa shape index (κ2) is 9.21. The van der Waals surface area contributed by atoms with Crippen molar-refractivity contribution in [2.75, 3.05) is 6.61 Å². The Bertz CT molecular complexity index is 1240. The topological polar surface area (TPSA) is 80.0 Å². The number of carbonyl (C=O) groups is 2. The molecule has 1 unspecified atom stereocenters. The molecule has 0 saturated carbocycles. The number of hydrogen-bond donors (Lipinski definition) is 1. The van der Waals surface area contributed by atoms with E-state index in [1.54, 1.807) is 12.1 Å². The van der Waals surface area contributed by atoms with Gasteiger partial charge in [0.05, 0.1) is 18.4 Å². The van der Waals surface area contributed by atoms with E-state index in [0.717, 1.165) is 37.0 Å². The molecule has 1 aromatic heterocycles. The number of benzene rings is 2. The summed E-state index contributed by atoms with van der Waals surface area (Å²) < 4.78 is 11.1. The number of likely N-dealkylation sites (tertiary alicyclic amines) is 1. The predicted molar refractivity (Wildman–Crippen MR) is 127 cm³/mol. The van der Waals surface area contributed by atoms with Crippen LogP contribution in [-0.2, 0) is 29.0 Å². The van der Waals surface area contributed by atoms with Crippen LogP contribution in [0.15, 0.2) is 70.9 Å². The van der Waals surface area contributed by atoms with Crippen LogP contribution < -0.4 is 4.74 Å². The highest BCUT2D eigenvalue weighted by atomic mass is 16.5. The third-order valence-corrected chi connectivity index (χ3v) is 6.56. The zero-order valence-corrected chi connectivity index (χ0v) is 19.1. The third kappa shape index (κ3) is 4.00. The molecule has 2 heterocycles. The van der Waals surface area contributed by atoms with E-state index in [4.69, 9.17) is 9.15 Å². The molecule has 0 bridgehead atoms. The van der Waals surface area contributed by atoms with Crippen molar-refractivity contribution in [3.8, 4) is 5.75 Å². The largest absolute Gasteiger partial charge is 0.507 e. The highest BCUT2D eigenvalue weighted by molar-refractivity contribution is 6.46. The van der Waals surface area contributed by atoms with E-state index in [0.29, 0.717) is 17.9 Å². The van der Waals surface area contributed by atoms with E-state index in [1.807, 2.05) is 49.4 Å². The van der Waals surface area contributed by atoms with Crippen LogP contribution in [0.1, 0.15) is 53.8 Å².